The first-order chi connectivity index (χ1) is 7.92. The van der Waals surface area contributed by atoms with Gasteiger partial charge in [-0.3, -0.25) is 9.69 Å². The highest BCUT2D eigenvalue weighted by Crippen LogP contribution is 2.37. The summed E-state index contributed by atoms with van der Waals surface area (Å²) in [4.78, 5) is 13.8. The molecule has 1 aliphatic rings. The number of carbonyl (C=O) groups is 1. The Bertz CT molecular complexity index is 267. The van der Waals surface area contributed by atoms with E-state index in [4.69, 9.17) is 0 Å². The largest absolute Gasteiger partial charge is 0.480 e. The average molecular weight is 241 g/mol. The van der Waals surface area contributed by atoms with Crippen LogP contribution in [-0.2, 0) is 4.79 Å². The predicted octanol–water partition coefficient (Wildman–Crippen LogP) is 3.00. The number of hydrogen-bond donors (Lipinski definition) is 1. The first-order valence-corrected chi connectivity index (χ1v) is 6.87. The second-order valence-electron chi connectivity index (χ2n) is 5.93. The number of hydrogen-bond acceptors (Lipinski definition) is 2. The standard InChI is InChI=1S/C14H27NO2/c1-5-11(2)10-15(4)14(13(16)17)8-6-7-12(3)9-14/h11-12H,5-10H2,1-4H3,(H,16,17). The molecule has 17 heavy (non-hydrogen) atoms. The molecule has 0 spiro atoms. The number of nitrogens with zero attached hydrogens (tertiary/aromatic N) is 1. The third kappa shape index (κ3) is 3.21. The maximum Gasteiger partial charge on any atom is 0.324 e. The van der Waals surface area contributed by atoms with E-state index < -0.39 is 11.5 Å². The van der Waals surface area contributed by atoms with E-state index in [-0.39, 0.29) is 0 Å². The van der Waals surface area contributed by atoms with Gasteiger partial charge < -0.3 is 5.11 Å². The molecular weight excluding hydrogens is 214 g/mol. The molecule has 3 nitrogen and oxygen atoms in total. The zero-order chi connectivity index (χ0) is 13.1. The van der Waals surface area contributed by atoms with Crippen LogP contribution < -0.4 is 0 Å². The molecule has 1 N–H and O–H groups in total. The Labute approximate surface area is 105 Å². The van der Waals surface area contributed by atoms with Crippen molar-refractivity contribution in [2.45, 2.75) is 58.4 Å². The second-order valence-corrected chi connectivity index (χ2v) is 5.93. The van der Waals surface area contributed by atoms with Crippen LogP contribution in [-0.4, -0.2) is 35.1 Å². The van der Waals surface area contributed by atoms with Gasteiger partial charge in [0.05, 0.1) is 0 Å². The molecule has 3 atom stereocenters. The summed E-state index contributed by atoms with van der Waals surface area (Å²) in [5.41, 5.74) is -0.610. The molecule has 0 aromatic rings. The smallest absolute Gasteiger partial charge is 0.324 e. The van der Waals surface area contributed by atoms with Gasteiger partial charge in [-0.25, -0.2) is 0 Å². The summed E-state index contributed by atoms with van der Waals surface area (Å²) in [5.74, 6) is 0.461. The summed E-state index contributed by atoms with van der Waals surface area (Å²) in [6.45, 7) is 7.41. The maximum absolute atomic E-state index is 11.7. The quantitative estimate of drug-likeness (QED) is 0.804. The molecule has 0 amide bonds. The van der Waals surface area contributed by atoms with Gasteiger partial charge >= 0.3 is 5.97 Å². The molecule has 1 saturated carbocycles. The van der Waals surface area contributed by atoms with Gasteiger partial charge in [-0.2, -0.15) is 0 Å². The third-order valence-corrected chi connectivity index (χ3v) is 4.38. The number of rotatable bonds is 5. The lowest BCUT2D eigenvalue weighted by atomic mass is 9.75. The van der Waals surface area contributed by atoms with Crippen molar-refractivity contribution in [3.63, 3.8) is 0 Å². The van der Waals surface area contributed by atoms with Crippen LogP contribution in [0.25, 0.3) is 0 Å². The van der Waals surface area contributed by atoms with E-state index in [1.54, 1.807) is 0 Å². The van der Waals surface area contributed by atoms with Crippen molar-refractivity contribution in [3.05, 3.63) is 0 Å². The highest BCUT2D eigenvalue weighted by molar-refractivity contribution is 5.79. The summed E-state index contributed by atoms with van der Waals surface area (Å²) in [6, 6.07) is 0. The van der Waals surface area contributed by atoms with Crippen LogP contribution in [0.2, 0.25) is 0 Å². The van der Waals surface area contributed by atoms with Crippen LogP contribution in [0.1, 0.15) is 52.9 Å². The van der Waals surface area contributed by atoms with Crippen molar-refractivity contribution in [1.29, 1.82) is 0 Å². The Morgan fingerprint density at radius 3 is 2.71 bits per heavy atom. The molecule has 0 bridgehead atoms. The zero-order valence-corrected chi connectivity index (χ0v) is 11.7. The first kappa shape index (κ1) is 14.5. The van der Waals surface area contributed by atoms with E-state index in [0.717, 1.165) is 32.2 Å². The SMILES string of the molecule is CCC(C)CN(C)C1(C(=O)O)CCCC(C)C1. The van der Waals surface area contributed by atoms with Gasteiger partial charge in [-0.1, -0.05) is 40.0 Å². The Hall–Kier alpha value is -0.570. The summed E-state index contributed by atoms with van der Waals surface area (Å²) in [6.07, 6.45) is 4.93. The molecule has 3 heteroatoms. The number of aliphatic carboxylic acids is 1. The van der Waals surface area contributed by atoms with Crippen molar-refractivity contribution in [1.82, 2.24) is 4.90 Å². The van der Waals surface area contributed by atoms with Crippen LogP contribution in [0.4, 0.5) is 0 Å². The Balaban J connectivity index is 2.80. The molecule has 1 rings (SSSR count). The fourth-order valence-corrected chi connectivity index (χ4v) is 3.00. The van der Waals surface area contributed by atoms with Gasteiger partial charge in [-0.05, 0) is 31.7 Å². The first-order valence-electron chi connectivity index (χ1n) is 6.87. The molecule has 100 valence electrons. The summed E-state index contributed by atoms with van der Waals surface area (Å²) >= 11 is 0. The lowest BCUT2D eigenvalue weighted by Gasteiger charge is -2.44. The second kappa shape index (κ2) is 5.85. The van der Waals surface area contributed by atoms with Crippen molar-refractivity contribution in [3.8, 4) is 0 Å². The Kier molecular flexibility index (Phi) is 4.99. The molecule has 1 aliphatic carbocycles. The lowest BCUT2D eigenvalue weighted by molar-refractivity contribution is -0.154. The van der Waals surface area contributed by atoms with Crippen LogP contribution in [0.5, 0.6) is 0 Å². The third-order valence-electron chi connectivity index (χ3n) is 4.38. The van der Waals surface area contributed by atoms with Crippen molar-refractivity contribution in [2.75, 3.05) is 13.6 Å². The summed E-state index contributed by atoms with van der Waals surface area (Å²) in [7, 11) is 1.98. The highest BCUT2D eigenvalue weighted by atomic mass is 16.4. The highest BCUT2D eigenvalue weighted by Gasteiger charge is 2.45. The minimum absolute atomic E-state index is 0.527. The number of carboxylic acids is 1. The van der Waals surface area contributed by atoms with E-state index in [0.29, 0.717) is 11.8 Å². The fraction of sp³-hybridized carbons (Fsp3) is 0.929. The fourth-order valence-electron chi connectivity index (χ4n) is 3.00. The van der Waals surface area contributed by atoms with E-state index in [2.05, 4.69) is 25.7 Å². The Morgan fingerprint density at radius 1 is 1.59 bits per heavy atom. The van der Waals surface area contributed by atoms with Gasteiger partial charge in [0.2, 0.25) is 0 Å². The van der Waals surface area contributed by atoms with Gasteiger partial charge in [0.15, 0.2) is 0 Å². The molecule has 0 aliphatic heterocycles. The van der Waals surface area contributed by atoms with Crippen LogP contribution in [0, 0.1) is 11.8 Å². The van der Waals surface area contributed by atoms with Crippen molar-refractivity contribution >= 4 is 5.97 Å². The Morgan fingerprint density at radius 2 is 2.24 bits per heavy atom. The van der Waals surface area contributed by atoms with E-state index >= 15 is 0 Å². The molecular formula is C14H27NO2. The van der Waals surface area contributed by atoms with Crippen molar-refractivity contribution < 1.29 is 9.90 Å². The molecule has 1 fully saturated rings. The molecule has 0 heterocycles. The average Bonchev–Trinajstić information content (AvgIpc) is 2.28. The molecule has 0 aromatic carbocycles. The minimum Gasteiger partial charge on any atom is -0.480 e. The topological polar surface area (TPSA) is 40.5 Å². The van der Waals surface area contributed by atoms with Gasteiger partial charge in [0.1, 0.15) is 5.54 Å². The van der Waals surface area contributed by atoms with Gasteiger partial charge in [-0.15, -0.1) is 0 Å². The van der Waals surface area contributed by atoms with Crippen LogP contribution >= 0.6 is 0 Å². The molecule has 0 radical (unpaired) electrons. The van der Waals surface area contributed by atoms with Crippen molar-refractivity contribution in [2.24, 2.45) is 11.8 Å². The lowest BCUT2D eigenvalue weighted by Crippen LogP contribution is -2.56. The van der Waals surface area contributed by atoms with Gasteiger partial charge in [0, 0.05) is 6.54 Å². The van der Waals surface area contributed by atoms with E-state index in [1.165, 1.54) is 6.42 Å². The molecule has 3 unspecified atom stereocenters. The maximum atomic E-state index is 11.7. The minimum atomic E-state index is -0.630. The molecule has 0 aromatic heterocycles. The van der Waals surface area contributed by atoms with Crippen LogP contribution in [0.15, 0.2) is 0 Å². The zero-order valence-electron chi connectivity index (χ0n) is 11.7. The predicted molar refractivity (Wildman–Crippen MR) is 70.1 cm³/mol. The number of carboxylic acid groups (broad SMARTS) is 1. The van der Waals surface area contributed by atoms with Crippen LogP contribution in [0.3, 0.4) is 0 Å². The van der Waals surface area contributed by atoms with E-state index in [1.807, 2.05) is 7.05 Å². The van der Waals surface area contributed by atoms with E-state index in [9.17, 15) is 9.90 Å². The van der Waals surface area contributed by atoms with Gasteiger partial charge in [0.25, 0.3) is 0 Å². The number of likely N-dealkylation sites (N-methyl/N-ethyl adjacent to an activating group) is 1. The summed E-state index contributed by atoms with van der Waals surface area (Å²) < 4.78 is 0. The normalized spacial score (nSPS) is 31.5. The monoisotopic (exact) mass is 241 g/mol. The molecule has 0 saturated heterocycles. The summed E-state index contributed by atoms with van der Waals surface area (Å²) in [5, 5.41) is 9.62.